The number of amides is 2. The molecule has 0 bridgehead atoms. The summed E-state index contributed by atoms with van der Waals surface area (Å²) in [5.41, 5.74) is 0.711. The van der Waals surface area contributed by atoms with Crippen LogP contribution in [0.1, 0.15) is 58.3 Å². The standard InChI is InChI=1S/C21H28BrN3O2S/c1-14-6-9-16(10-7-14)23-19(26)5-3-2-4-12-25-20(27)17-13-15(22)8-11-18(17)24-21(25)28/h8,11,13-14,16-17H,2-7,9-10,12H2,1H3,(H,23,26). The number of aliphatic imine (C=N–C) groups is 1. The van der Waals surface area contributed by atoms with Crippen molar-refractivity contribution in [3.05, 3.63) is 22.7 Å². The van der Waals surface area contributed by atoms with Crippen LogP contribution in [0, 0.1) is 11.8 Å². The summed E-state index contributed by atoms with van der Waals surface area (Å²) < 4.78 is 0.885. The van der Waals surface area contributed by atoms with E-state index in [0.29, 0.717) is 29.8 Å². The topological polar surface area (TPSA) is 61.8 Å². The van der Waals surface area contributed by atoms with Gasteiger partial charge in [-0.05, 0) is 68.8 Å². The third kappa shape index (κ3) is 5.60. The molecule has 1 N–H and O–H groups in total. The Hall–Kier alpha value is -1.34. The Morgan fingerprint density at radius 2 is 2.00 bits per heavy atom. The molecule has 3 rings (SSSR count). The number of halogens is 1. The van der Waals surface area contributed by atoms with E-state index in [1.54, 1.807) is 4.90 Å². The quantitative estimate of drug-likeness (QED) is 0.450. The summed E-state index contributed by atoms with van der Waals surface area (Å²) in [5, 5.41) is 3.51. The molecule has 1 atom stereocenters. The molecular formula is C21H28BrN3O2S. The summed E-state index contributed by atoms with van der Waals surface area (Å²) in [6.45, 7) is 2.84. The Morgan fingerprint density at radius 1 is 1.25 bits per heavy atom. The normalized spacial score (nSPS) is 27.2. The number of fused-ring (bicyclic) bond motifs is 1. The highest BCUT2D eigenvalue weighted by molar-refractivity contribution is 9.11. The third-order valence-corrected chi connectivity index (χ3v) is 6.55. The number of carbonyl (C=O) groups is 2. The second-order valence-electron chi connectivity index (χ2n) is 8.01. The van der Waals surface area contributed by atoms with Gasteiger partial charge in [-0.15, -0.1) is 0 Å². The molecule has 7 heteroatoms. The fraction of sp³-hybridized carbons (Fsp3) is 0.619. The van der Waals surface area contributed by atoms with Crippen LogP contribution in [0.25, 0.3) is 0 Å². The molecular weight excluding hydrogens is 438 g/mol. The van der Waals surface area contributed by atoms with Crippen molar-refractivity contribution in [1.82, 2.24) is 10.2 Å². The van der Waals surface area contributed by atoms with E-state index >= 15 is 0 Å². The maximum atomic E-state index is 12.7. The molecule has 1 aliphatic heterocycles. The molecule has 2 aliphatic carbocycles. The first-order chi connectivity index (χ1) is 13.4. The lowest BCUT2D eigenvalue weighted by Gasteiger charge is -2.30. The molecule has 0 spiro atoms. The predicted octanol–water partition coefficient (Wildman–Crippen LogP) is 4.27. The molecule has 0 aromatic heterocycles. The maximum Gasteiger partial charge on any atom is 0.241 e. The SMILES string of the molecule is CC1CCC(NC(=O)CCCCCN2C(=O)C3C=C(Br)C=CC3=NC2=S)CC1. The number of thiocarbonyl (C=S) groups is 1. The first kappa shape index (κ1) is 21.4. The van der Waals surface area contributed by atoms with Crippen molar-refractivity contribution in [2.24, 2.45) is 16.8 Å². The van der Waals surface area contributed by atoms with Crippen LogP contribution < -0.4 is 5.32 Å². The van der Waals surface area contributed by atoms with Gasteiger partial charge in [-0.2, -0.15) is 0 Å². The van der Waals surface area contributed by atoms with Crippen LogP contribution in [0.4, 0.5) is 0 Å². The number of hydrogen-bond donors (Lipinski definition) is 1. The van der Waals surface area contributed by atoms with Gasteiger partial charge in [-0.25, -0.2) is 4.99 Å². The number of hydrogen-bond acceptors (Lipinski definition) is 3. The highest BCUT2D eigenvalue weighted by Crippen LogP contribution is 2.25. The van der Waals surface area contributed by atoms with E-state index in [1.165, 1.54) is 12.8 Å². The zero-order valence-corrected chi connectivity index (χ0v) is 18.7. The van der Waals surface area contributed by atoms with E-state index < -0.39 is 0 Å². The maximum absolute atomic E-state index is 12.7. The van der Waals surface area contributed by atoms with Crippen molar-refractivity contribution in [3.63, 3.8) is 0 Å². The van der Waals surface area contributed by atoms with Gasteiger partial charge in [0.1, 0.15) is 5.92 Å². The monoisotopic (exact) mass is 465 g/mol. The first-order valence-electron chi connectivity index (χ1n) is 10.2. The molecule has 152 valence electrons. The van der Waals surface area contributed by atoms with Crippen LogP contribution in [0.3, 0.4) is 0 Å². The van der Waals surface area contributed by atoms with Crippen LogP contribution in [-0.2, 0) is 9.59 Å². The van der Waals surface area contributed by atoms with Crippen molar-refractivity contribution in [2.75, 3.05) is 6.54 Å². The number of unbranched alkanes of at least 4 members (excludes halogenated alkanes) is 2. The zero-order valence-electron chi connectivity index (χ0n) is 16.3. The summed E-state index contributed by atoms with van der Waals surface area (Å²) in [5.74, 6) is 0.580. The molecule has 1 unspecified atom stereocenters. The minimum Gasteiger partial charge on any atom is -0.353 e. The summed E-state index contributed by atoms with van der Waals surface area (Å²) in [4.78, 5) is 30.8. The van der Waals surface area contributed by atoms with E-state index in [0.717, 1.165) is 42.5 Å². The fourth-order valence-electron chi connectivity index (χ4n) is 3.95. The van der Waals surface area contributed by atoms with E-state index in [2.05, 4.69) is 33.2 Å². The highest BCUT2D eigenvalue weighted by atomic mass is 79.9. The lowest BCUT2D eigenvalue weighted by molar-refractivity contribution is -0.128. The van der Waals surface area contributed by atoms with Gasteiger partial charge in [-0.3, -0.25) is 14.5 Å². The number of allylic oxidation sites excluding steroid dienone is 3. The van der Waals surface area contributed by atoms with Crippen molar-refractivity contribution < 1.29 is 9.59 Å². The van der Waals surface area contributed by atoms with Gasteiger partial charge >= 0.3 is 0 Å². The van der Waals surface area contributed by atoms with Gasteiger partial charge < -0.3 is 5.32 Å². The minimum absolute atomic E-state index is 0.0134. The fourth-order valence-corrected chi connectivity index (χ4v) is 4.63. The van der Waals surface area contributed by atoms with Gasteiger partial charge in [0, 0.05) is 23.5 Å². The predicted molar refractivity (Wildman–Crippen MR) is 119 cm³/mol. The van der Waals surface area contributed by atoms with Crippen molar-refractivity contribution in [3.8, 4) is 0 Å². The second-order valence-corrected chi connectivity index (χ2v) is 9.29. The Morgan fingerprint density at radius 3 is 2.75 bits per heavy atom. The molecule has 0 radical (unpaired) electrons. The second kappa shape index (κ2) is 9.92. The molecule has 0 aromatic carbocycles. The summed E-state index contributed by atoms with van der Waals surface area (Å²) in [6.07, 6.45) is 13.3. The zero-order chi connectivity index (χ0) is 20.1. The average molecular weight is 466 g/mol. The third-order valence-electron chi connectivity index (χ3n) is 5.71. The van der Waals surface area contributed by atoms with Crippen LogP contribution in [-0.4, -0.2) is 40.1 Å². The van der Waals surface area contributed by atoms with Gasteiger partial charge in [0.15, 0.2) is 0 Å². The molecule has 3 aliphatic rings. The Kier molecular flexibility index (Phi) is 7.57. The van der Waals surface area contributed by atoms with Gasteiger partial charge in [-0.1, -0.05) is 35.4 Å². The van der Waals surface area contributed by atoms with E-state index in [4.69, 9.17) is 12.2 Å². The van der Waals surface area contributed by atoms with Gasteiger partial charge in [0.25, 0.3) is 0 Å². The number of nitrogens with one attached hydrogen (secondary N) is 1. The van der Waals surface area contributed by atoms with E-state index in [1.807, 2.05) is 18.2 Å². The van der Waals surface area contributed by atoms with E-state index in [-0.39, 0.29) is 17.7 Å². The van der Waals surface area contributed by atoms with Crippen LogP contribution in [0.15, 0.2) is 27.7 Å². The molecule has 1 fully saturated rings. The molecule has 1 heterocycles. The molecule has 5 nitrogen and oxygen atoms in total. The highest BCUT2D eigenvalue weighted by Gasteiger charge is 2.34. The Balaban J connectivity index is 1.36. The van der Waals surface area contributed by atoms with Crippen LogP contribution in [0.2, 0.25) is 0 Å². The molecule has 1 saturated carbocycles. The summed E-state index contributed by atoms with van der Waals surface area (Å²) in [6, 6.07) is 0.357. The number of nitrogens with zero attached hydrogens (tertiary/aromatic N) is 2. The minimum atomic E-state index is -0.352. The molecule has 0 aromatic rings. The van der Waals surface area contributed by atoms with Crippen molar-refractivity contribution >= 4 is 50.8 Å². The van der Waals surface area contributed by atoms with Crippen molar-refractivity contribution in [2.45, 2.75) is 64.3 Å². The first-order valence-corrected chi connectivity index (χ1v) is 11.4. The van der Waals surface area contributed by atoms with E-state index in [9.17, 15) is 9.59 Å². The van der Waals surface area contributed by atoms with Gasteiger partial charge in [0.05, 0.1) is 5.71 Å². The Bertz CT molecular complexity index is 723. The molecule has 28 heavy (non-hydrogen) atoms. The summed E-state index contributed by atoms with van der Waals surface area (Å²) >= 11 is 8.72. The lowest BCUT2D eigenvalue weighted by Crippen LogP contribution is -2.46. The van der Waals surface area contributed by atoms with Crippen LogP contribution >= 0.6 is 28.1 Å². The molecule has 0 saturated heterocycles. The van der Waals surface area contributed by atoms with Crippen LogP contribution in [0.5, 0.6) is 0 Å². The molecule has 2 amide bonds. The lowest BCUT2D eigenvalue weighted by atomic mass is 9.87. The summed E-state index contributed by atoms with van der Waals surface area (Å²) in [7, 11) is 0. The Labute approximate surface area is 180 Å². The van der Waals surface area contributed by atoms with Crippen molar-refractivity contribution in [1.29, 1.82) is 0 Å². The average Bonchev–Trinajstić information content (AvgIpc) is 2.66. The largest absolute Gasteiger partial charge is 0.353 e. The smallest absolute Gasteiger partial charge is 0.241 e. The van der Waals surface area contributed by atoms with Gasteiger partial charge in [0.2, 0.25) is 16.9 Å². The number of carbonyl (C=O) groups excluding carboxylic acids is 2. The number of rotatable bonds is 7.